The van der Waals surface area contributed by atoms with Gasteiger partial charge < -0.3 is 4.74 Å². The summed E-state index contributed by atoms with van der Waals surface area (Å²) < 4.78 is 30.4. The highest BCUT2D eigenvalue weighted by Crippen LogP contribution is 2.52. The van der Waals surface area contributed by atoms with Crippen LogP contribution in [0.15, 0.2) is 34.7 Å². The van der Waals surface area contributed by atoms with Gasteiger partial charge in [0.05, 0.1) is 6.04 Å². The molecule has 0 bridgehead atoms. The van der Waals surface area contributed by atoms with Crippen molar-refractivity contribution in [1.82, 2.24) is 0 Å². The number of rotatable bonds is 7. The topological polar surface area (TPSA) is 55.7 Å². The van der Waals surface area contributed by atoms with Crippen LogP contribution in [0.1, 0.15) is 30.7 Å². The molecule has 0 saturated heterocycles. The van der Waals surface area contributed by atoms with E-state index in [1.54, 1.807) is 7.11 Å². The fraction of sp³-hybridized carbons (Fsp3) is 0.571. The summed E-state index contributed by atoms with van der Waals surface area (Å²) in [6.07, 6.45) is 3.08. The first-order chi connectivity index (χ1) is 9.24. The molecule has 5 heteroatoms. The van der Waals surface area contributed by atoms with Gasteiger partial charge in [-0.15, -0.1) is 0 Å². The number of benzene rings is 1. The van der Waals surface area contributed by atoms with Crippen LogP contribution in [0.2, 0.25) is 0 Å². The summed E-state index contributed by atoms with van der Waals surface area (Å²) in [7, 11) is -0.610. The number of nitrogens with zero attached hydrogens (tertiary/aromatic N) is 1. The molecule has 0 radical (unpaired) electrons. The average molecular weight is 281 g/mol. The highest BCUT2D eigenvalue weighted by Gasteiger charge is 2.50. The number of unbranched alkanes of at least 4 members (excludes halogenated alkanes) is 1. The third-order valence-corrected chi connectivity index (χ3v) is 4.07. The van der Waals surface area contributed by atoms with E-state index in [0.29, 0.717) is 5.92 Å². The molecule has 1 aromatic carbocycles. The number of methoxy groups -OCH3 is 1. The van der Waals surface area contributed by atoms with Crippen molar-refractivity contribution in [2.45, 2.75) is 31.2 Å². The van der Waals surface area contributed by atoms with Gasteiger partial charge in [0, 0.05) is 19.6 Å². The smallest absolute Gasteiger partial charge is 0.311 e. The maximum Gasteiger partial charge on any atom is 0.311 e. The van der Waals surface area contributed by atoms with Crippen molar-refractivity contribution in [2.75, 3.05) is 13.7 Å². The molecule has 1 saturated carbocycles. The zero-order valence-electron chi connectivity index (χ0n) is 11.0. The molecule has 1 aromatic rings. The molecule has 3 atom stereocenters. The lowest BCUT2D eigenvalue weighted by Gasteiger charge is -2.00. The van der Waals surface area contributed by atoms with E-state index < -0.39 is 10.5 Å². The van der Waals surface area contributed by atoms with Gasteiger partial charge in [0.2, 0.25) is 0 Å². The minimum atomic E-state index is -2.31. The Labute approximate surface area is 115 Å². The normalized spacial score (nSPS) is 25.0. The summed E-state index contributed by atoms with van der Waals surface area (Å²) in [6.45, 7) is 0.762. The molecule has 0 aromatic heterocycles. The summed E-state index contributed by atoms with van der Waals surface area (Å²) in [5.41, 5.74) is 1.19. The van der Waals surface area contributed by atoms with Crippen LogP contribution >= 0.6 is 0 Å². The first-order valence-electron chi connectivity index (χ1n) is 6.58. The second-order valence-electron chi connectivity index (χ2n) is 4.90. The van der Waals surface area contributed by atoms with Gasteiger partial charge in [0.15, 0.2) is 0 Å². The average Bonchev–Trinajstić information content (AvgIpc) is 3.07. The van der Waals surface area contributed by atoms with E-state index in [9.17, 15) is 8.42 Å². The van der Waals surface area contributed by atoms with Crippen LogP contribution in [0.5, 0.6) is 0 Å². The van der Waals surface area contributed by atoms with E-state index in [1.165, 1.54) is 5.56 Å². The van der Waals surface area contributed by atoms with Crippen molar-refractivity contribution in [1.29, 1.82) is 0 Å². The quantitative estimate of drug-likeness (QED) is 0.722. The number of hydrogen-bond donors (Lipinski definition) is 0. The van der Waals surface area contributed by atoms with Crippen molar-refractivity contribution < 1.29 is 13.2 Å². The summed E-state index contributed by atoms with van der Waals surface area (Å²) in [5.74, 6) is 0.624. The van der Waals surface area contributed by atoms with E-state index in [0.717, 1.165) is 25.9 Å². The Morgan fingerprint density at radius 2 is 1.95 bits per heavy atom. The van der Waals surface area contributed by atoms with E-state index in [-0.39, 0.29) is 12.0 Å². The maximum absolute atomic E-state index is 10.8. The fourth-order valence-corrected chi connectivity index (χ4v) is 3.18. The molecule has 1 aliphatic rings. The molecule has 0 aliphatic heterocycles. The first-order valence-corrected chi connectivity index (χ1v) is 7.61. The predicted molar refractivity (Wildman–Crippen MR) is 73.5 cm³/mol. The largest absolute Gasteiger partial charge is 0.385 e. The van der Waals surface area contributed by atoms with Crippen molar-refractivity contribution in [3.05, 3.63) is 35.9 Å². The van der Waals surface area contributed by atoms with Crippen molar-refractivity contribution in [3.63, 3.8) is 0 Å². The van der Waals surface area contributed by atoms with Crippen LogP contribution in [-0.2, 0) is 15.2 Å². The lowest BCUT2D eigenvalue weighted by atomic mass is 10.1. The summed E-state index contributed by atoms with van der Waals surface area (Å²) in [4.78, 5) is 0. The zero-order chi connectivity index (χ0) is 13.7. The molecule has 1 fully saturated rings. The lowest BCUT2D eigenvalue weighted by molar-refractivity contribution is 0.191. The lowest BCUT2D eigenvalue weighted by Crippen LogP contribution is -1.90. The molecule has 1 aliphatic carbocycles. The van der Waals surface area contributed by atoms with Crippen LogP contribution in [0.4, 0.5) is 0 Å². The van der Waals surface area contributed by atoms with E-state index in [2.05, 4.69) is 16.5 Å². The highest BCUT2D eigenvalue weighted by atomic mass is 32.2. The summed E-state index contributed by atoms with van der Waals surface area (Å²) in [6, 6.07) is 9.98. The van der Waals surface area contributed by atoms with Crippen LogP contribution in [0, 0.1) is 5.92 Å². The Balaban J connectivity index is 1.98. The zero-order valence-corrected chi connectivity index (χ0v) is 11.8. The van der Waals surface area contributed by atoms with Crippen molar-refractivity contribution in [3.8, 4) is 0 Å². The molecule has 0 spiro atoms. The Morgan fingerprint density at radius 3 is 2.58 bits per heavy atom. The molecular weight excluding hydrogens is 262 g/mol. The van der Waals surface area contributed by atoms with Crippen LogP contribution < -0.4 is 0 Å². The third-order valence-electron chi connectivity index (χ3n) is 3.66. The highest BCUT2D eigenvalue weighted by molar-refractivity contribution is 7.61. The molecule has 0 heterocycles. The van der Waals surface area contributed by atoms with Gasteiger partial charge in [-0.25, -0.2) is 0 Å². The van der Waals surface area contributed by atoms with Gasteiger partial charge in [-0.3, -0.25) is 0 Å². The Morgan fingerprint density at radius 1 is 1.21 bits per heavy atom. The minimum Gasteiger partial charge on any atom is -0.385 e. The van der Waals surface area contributed by atoms with Crippen LogP contribution in [0.25, 0.3) is 0 Å². The standard InChI is InChI=1S/C14H19NO3S/c1-18-10-6-5-9-12-13(14(12)15-19(16)17)11-7-3-2-4-8-11/h2-4,7-8,12-14H,5-6,9-10H2,1H3. The van der Waals surface area contributed by atoms with Gasteiger partial charge in [-0.1, -0.05) is 36.8 Å². The number of hydrogen-bond acceptors (Lipinski definition) is 4. The molecular formula is C14H19NO3S. The first kappa shape index (κ1) is 14.2. The third kappa shape index (κ3) is 3.88. The second-order valence-corrected chi connectivity index (χ2v) is 5.55. The summed E-state index contributed by atoms with van der Waals surface area (Å²) >= 11 is 0. The Hall–Kier alpha value is -1.20. The molecule has 4 nitrogen and oxygen atoms in total. The fourth-order valence-electron chi connectivity index (χ4n) is 2.70. The van der Waals surface area contributed by atoms with Gasteiger partial charge in [-0.2, -0.15) is 12.8 Å². The second kappa shape index (κ2) is 6.82. The predicted octanol–water partition coefficient (Wildman–Crippen LogP) is 2.65. The van der Waals surface area contributed by atoms with Gasteiger partial charge >= 0.3 is 10.5 Å². The van der Waals surface area contributed by atoms with Crippen molar-refractivity contribution in [2.24, 2.45) is 10.3 Å². The SMILES string of the molecule is COCCCCC1C(N=S(=O)=O)C1c1ccccc1. The van der Waals surface area contributed by atoms with Crippen LogP contribution in [-0.4, -0.2) is 28.2 Å². The molecule has 2 rings (SSSR count). The Kier molecular flexibility index (Phi) is 5.10. The van der Waals surface area contributed by atoms with Gasteiger partial charge in [0.1, 0.15) is 0 Å². The minimum absolute atomic E-state index is 0.0664. The molecule has 0 amide bonds. The van der Waals surface area contributed by atoms with E-state index in [4.69, 9.17) is 4.74 Å². The molecule has 19 heavy (non-hydrogen) atoms. The molecule has 0 N–H and O–H groups in total. The van der Waals surface area contributed by atoms with Crippen molar-refractivity contribution >= 4 is 10.5 Å². The van der Waals surface area contributed by atoms with Gasteiger partial charge in [0.25, 0.3) is 0 Å². The summed E-state index contributed by atoms with van der Waals surface area (Å²) in [5, 5.41) is 0. The van der Waals surface area contributed by atoms with E-state index in [1.807, 2.05) is 18.2 Å². The van der Waals surface area contributed by atoms with Gasteiger partial charge in [-0.05, 0) is 24.3 Å². The van der Waals surface area contributed by atoms with Crippen LogP contribution in [0.3, 0.4) is 0 Å². The molecule has 104 valence electrons. The Bertz CT molecular complexity index is 519. The number of ether oxygens (including phenoxy) is 1. The van der Waals surface area contributed by atoms with E-state index >= 15 is 0 Å². The molecule has 3 unspecified atom stereocenters. The monoisotopic (exact) mass is 281 g/mol. The maximum atomic E-state index is 10.8.